The maximum atomic E-state index is 13.8. The van der Waals surface area contributed by atoms with Crippen molar-refractivity contribution in [1.82, 2.24) is 5.32 Å². The summed E-state index contributed by atoms with van der Waals surface area (Å²) in [7, 11) is 0. The third-order valence-electron chi connectivity index (χ3n) is 3.06. The molecule has 0 saturated carbocycles. The van der Waals surface area contributed by atoms with E-state index in [0.717, 1.165) is 29.8 Å². The Kier molecular flexibility index (Phi) is 3.87. The summed E-state index contributed by atoms with van der Waals surface area (Å²) in [4.78, 5) is 0. The van der Waals surface area contributed by atoms with Crippen LogP contribution in [-0.4, -0.2) is 11.8 Å². The Morgan fingerprint density at radius 2 is 2.31 bits per heavy atom. The molecule has 1 aliphatic heterocycles. The van der Waals surface area contributed by atoms with Crippen molar-refractivity contribution in [3.63, 3.8) is 0 Å². The Labute approximate surface area is 101 Å². The minimum Gasteiger partial charge on any atom is -0.310 e. The molecule has 2 unspecified atom stereocenters. The maximum absolute atomic E-state index is 13.8. The van der Waals surface area contributed by atoms with E-state index in [-0.39, 0.29) is 5.82 Å². The van der Waals surface area contributed by atoms with E-state index in [1.54, 1.807) is 6.07 Å². The molecule has 0 spiro atoms. The highest BCUT2D eigenvalue weighted by Crippen LogP contribution is 2.35. The normalized spacial score (nSPS) is 24.9. The van der Waals surface area contributed by atoms with E-state index in [1.165, 1.54) is 0 Å². The highest BCUT2D eigenvalue weighted by atomic mass is 32.2. The highest BCUT2D eigenvalue weighted by Gasteiger charge is 2.23. The van der Waals surface area contributed by atoms with Crippen LogP contribution in [0.4, 0.5) is 4.39 Å². The molecule has 0 aliphatic carbocycles. The zero-order valence-corrected chi connectivity index (χ0v) is 10.6. The first-order valence-electron chi connectivity index (χ1n) is 5.84. The van der Waals surface area contributed by atoms with E-state index in [2.05, 4.69) is 25.2 Å². The summed E-state index contributed by atoms with van der Waals surface area (Å²) in [5.41, 5.74) is 2.04. The predicted molar refractivity (Wildman–Crippen MR) is 68.2 cm³/mol. The van der Waals surface area contributed by atoms with Gasteiger partial charge in [0.2, 0.25) is 0 Å². The Morgan fingerprint density at radius 3 is 3.06 bits per heavy atom. The summed E-state index contributed by atoms with van der Waals surface area (Å²) in [6.07, 6.45) is 1.08. The van der Waals surface area contributed by atoms with E-state index < -0.39 is 0 Å². The van der Waals surface area contributed by atoms with Crippen molar-refractivity contribution in [3.8, 4) is 0 Å². The standard InChI is InChI=1S/C13H18FNS/c1-3-15-13-7-9(2)16-8-11-10(13)5-4-6-12(11)14/h4-6,9,13,15H,3,7-8H2,1-2H3. The molecule has 0 saturated heterocycles. The lowest BCUT2D eigenvalue weighted by atomic mass is 9.97. The molecule has 2 rings (SSSR count). The van der Waals surface area contributed by atoms with Gasteiger partial charge in [0, 0.05) is 22.6 Å². The lowest BCUT2D eigenvalue weighted by Gasteiger charge is -2.19. The molecule has 88 valence electrons. The SMILES string of the molecule is CCNC1CC(C)SCc2c(F)cccc21. The van der Waals surface area contributed by atoms with E-state index in [4.69, 9.17) is 0 Å². The average Bonchev–Trinajstić information content (AvgIpc) is 2.41. The molecule has 1 heterocycles. The van der Waals surface area contributed by atoms with Crippen LogP contribution in [0.5, 0.6) is 0 Å². The molecule has 1 aromatic carbocycles. The number of hydrogen-bond acceptors (Lipinski definition) is 2. The summed E-state index contributed by atoms with van der Waals surface area (Å²) in [5.74, 6) is 0.743. The first-order valence-corrected chi connectivity index (χ1v) is 6.89. The van der Waals surface area contributed by atoms with Crippen LogP contribution in [-0.2, 0) is 5.75 Å². The van der Waals surface area contributed by atoms with E-state index in [1.807, 2.05) is 17.8 Å². The van der Waals surface area contributed by atoms with Crippen LogP contribution in [0.1, 0.15) is 37.4 Å². The van der Waals surface area contributed by atoms with Gasteiger partial charge in [-0.2, -0.15) is 11.8 Å². The number of thioether (sulfide) groups is 1. The van der Waals surface area contributed by atoms with Gasteiger partial charge in [-0.1, -0.05) is 26.0 Å². The van der Waals surface area contributed by atoms with Gasteiger partial charge < -0.3 is 5.32 Å². The minimum absolute atomic E-state index is 0.0537. The van der Waals surface area contributed by atoms with E-state index in [0.29, 0.717) is 11.3 Å². The van der Waals surface area contributed by atoms with Crippen molar-refractivity contribution in [3.05, 3.63) is 35.1 Å². The lowest BCUT2D eigenvalue weighted by molar-refractivity contribution is 0.510. The van der Waals surface area contributed by atoms with Gasteiger partial charge in [-0.05, 0) is 24.6 Å². The van der Waals surface area contributed by atoms with Crippen molar-refractivity contribution < 1.29 is 4.39 Å². The number of nitrogens with one attached hydrogen (secondary N) is 1. The first kappa shape index (κ1) is 11.9. The third-order valence-corrected chi connectivity index (χ3v) is 4.28. The van der Waals surface area contributed by atoms with E-state index >= 15 is 0 Å². The fourth-order valence-electron chi connectivity index (χ4n) is 2.25. The molecular weight excluding hydrogens is 221 g/mol. The second-order valence-corrected chi connectivity index (χ2v) is 5.70. The van der Waals surface area contributed by atoms with Crippen molar-refractivity contribution in [2.75, 3.05) is 6.54 Å². The van der Waals surface area contributed by atoms with Gasteiger partial charge in [0.25, 0.3) is 0 Å². The Hall–Kier alpha value is -0.540. The van der Waals surface area contributed by atoms with Crippen LogP contribution in [0, 0.1) is 5.82 Å². The van der Waals surface area contributed by atoms with Gasteiger partial charge in [0.1, 0.15) is 5.82 Å². The molecule has 1 aliphatic rings. The Morgan fingerprint density at radius 1 is 1.50 bits per heavy atom. The largest absolute Gasteiger partial charge is 0.310 e. The fraction of sp³-hybridized carbons (Fsp3) is 0.538. The topological polar surface area (TPSA) is 12.0 Å². The number of hydrogen-bond donors (Lipinski definition) is 1. The fourth-order valence-corrected chi connectivity index (χ4v) is 3.33. The molecule has 0 fully saturated rings. The second kappa shape index (κ2) is 5.19. The molecule has 0 aromatic heterocycles. The maximum Gasteiger partial charge on any atom is 0.127 e. The van der Waals surface area contributed by atoms with Crippen molar-refractivity contribution in [2.24, 2.45) is 0 Å². The smallest absolute Gasteiger partial charge is 0.127 e. The molecule has 3 heteroatoms. The summed E-state index contributed by atoms with van der Waals surface area (Å²) < 4.78 is 13.8. The molecule has 0 amide bonds. The molecule has 16 heavy (non-hydrogen) atoms. The molecule has 0 radical (unpaired) electrons. The quantitative estimate of drug-likeness (QED) is 0.847. The Balaban J connectivity index is 2.37. The molecule has 1 aromatic rings. The number of rotatable bonds is 2. The summed E-state index contributed by atoms with van der Waals surface area (Å²) in [6.45, 7) is 5.25. The summed E-state index contributed by atoms with van der Waals surface area (Å²) in [5, 5.41) is 4.04. The number of benzene rings is 1. The van der Waals surface area contributed by atoms with Gasteiger partial charge >= 0.3 is 0 Å². The zero-order valence-electron chi connectivity index (χ0n) is 9.79. The monoisotopic (exact) mass is 239 g/mol. The molecular formula is C13H18FNS. The highest BCUT2D eigenvalue weighted by molar-refractivity contribution is 7.99. The van der Waals surface area contributed by atoms with Crippen LogP contribution >= 0.6 is 11.8 Å². The summed E-state index contributed by atoms with van der Waals surface area (Å²) in [6, 6.07) is 5.75. The molecule has 0 bridgehead atoms. The second-order valence-electron chi connectivity index (χ2n) is 4.28. The minimum atomic E-state index is -0.0537. The zero-order chi connectivity index (χ0) is 11.5. The molecule has 1 N–H and O–H groups in total. The van der Waals surface area contributed by atoms with Crippen molar-refractivity contribution in [2.45, 2.75) is 37.3 Å². The first-order chi connectivity index (χ1) is 7.72. The van der Waals surface area contributed by atoms with Gasteiger partial charge in [-0.3, -0.25) is 0 Å². The van der Waals surface area contributed by atoms with Gasteiger partial charge in [0.15, 0.2) is 0 Å². The van der Waals surface area contributed by atoms with Crippen LogP contribution < -0.4 is 5.32 Å². The predicted octanol–water partition coefficient (Wildman–Crippen LogP) is 3.50. The van der Waals surface area contributed by atoms with Gasteiger partial charge in [-0.15, -0.1) is 0 Å². The van der Waals surface area contributed by atoms with Gasteiger partial charge in [0.05, 0.1) is 0 Å². The number of halogens is 1. The molecule has 1 nitrogen and oxygen atoms in total. The molecule has 2 atom stereocenters. The van der Waals surface area contributed by atoms with Crippen LogP contribution in [0.3, 0.4) is 0 Å². The third kappa shape index (κ3) is 2.41. The van der Waals surface area contributed by atoms with Gasteiger partial charge in [-0.25, -0.2) is 4.39 Å². The average molecular weight is 239 g/mol. The van der Waals surface area contributed by atoms with Crippen molar-refractivity contribution in [1.29, 1.82) is 0 Å². The summed E-state index contributed by atoms with van der Waals surface area (Å²) >= 11 is 1.85. The van der Waals surface area contributed by atoms with Crippen LogP contribution in [0.2, 0.25) is 0 Å². The van der Waals surface area contributed by atoms with Crippen LogP contribution in [0.15, 0.2) is 18.2 Å². The Bertz CT molecular complexity index is 367. The van der Waals surface area contributed by atoms with E-state index in [9.17, 15) is 4.39 Å². The lowest BCUT2D eigenvalue weighted by Crippen LogP contribution is -2.23. The van der Waals surface area contributed by atoms with Crippen molar-refractivity contribution >= 4 is 11.8 Å². The van der Waals surface area contributed by atoms with Crippen LogP contribution in [0.25, 0.3) is 0 Å². The number of fused-ring (bicyclic) bond motifs is 1.